The van der Waals surface area contributed by atoms with Crippen molar-refractivity contribution in [3.05, 3.63) is 30.1 Å². The topological polar surface area (TPSA) is 43.9 Å². The first-order chi connectivity index (χ1) is 11.1. The Hall–Kier alpha value is -2.11. The number of nitrogens with zero attached hydrogens (tertiary/aromatic N) is 3. The lowest BCUT2D eigenvalue weighted by Crippen LogP contribution is -2.42. The van der Waals surface area contributed by atoms with Gasteiger partial charge >= 0.3 is 6.03 Å². The first kappa shape index (κ1) is 17.2. The Morgan fingerprint density at radius 3 is 2.30 bits per heavy atom. The lowest BCUT2D eigenvalue weighted by molar-refractivity contribution is -0.131. The minimum absolute atomic E-state index is 0.0111. The van der Waals surface area contributed by atoms with Gasteiger partial charge in [0.05, 0.1) is 0 Å². The van der Waals surface area contributed by atoms with Crippen molar-refractivity contribution in [2.75, 3.05) is 37.6 Å². The molecule has 1 aliphatic heterocycles. The van der Waals surface area contributed by atoms with E-state index in [0.717, 1.165) is 25.9 Å². The van der Waals surface area contributed by atoms with Gasteiger partial charge in [-0.25, -0.2) is 9.18 Å². The Morgan fingerprint density at radius 2 is 1.74 bits per heavy atom. The summed E-state index contributed by atoms with van der Waals surface area (Å²) in [7, 11) is 0. The Kier molecular flexibility index (Phi) is 5.96. The molecule has 1 aromatic carbocycles. The van der Waals surface area contributed by atoms with Gasteiger partial charge in [-0.05, 0) is 37.1 Å². The van der Waals surface area contributed by atoms with E-state index in [1.807, 2.05) is 18.7 Å². The molecule has 0 radical (unpaired) electrons. The number of anilines is 1. The van der Waals surface area contributed by atoms with E-state index in [1.165, 1.54) is 12.1 Å². The summed E-state index contributed by atoms with van der Waals surface area (Å²) in [4.78, 5) is 29.8. The molecule has 0 N–H and O–H groups in total. The fraction of sp³-hybridized carbons (Fsp3) is 0.529. The maximum Gasteiger partial charge on any atom is 0.325 e. The van der Waals surface area contributed by atoms with Gasteiger partial charge in [0, 0.05) is 31.9 Å². The third-order valence-corrected chi connectivity index (χ3v) is 3.90. The highest BCUT2D eigenvalue weighted by Gasteiger charge is 2.31. The number of rotatable bonds is 7. The molecule has 0 saturated carbocycles. The van der Waals surface area contributed by atoms with Crippen LogP contribution in [0, 0.1) is 5.82 Å². The first-order valence-corrected chi connectivity index (χ1v) is 8.16. The molecule has 23 heavy (non-hydrogen) atoms. The van der Waals surface area contributed by atoms with Gasteiger partial charge < -0.3 is 9.80 Å². The Balaban J connectivity index is 1.98. The highest BCUT2D eigenvalue weighted by atomic mass is 19.1. The Labute approximate surface area is 136 Å². The van der Waals surface area contributed by atoms with Crippen LogP contribution in [0.2, 0.25) is 0 Å². The highest BCUT2D eigenvalue weighted by molar-refractivity contribution is 5.96. The molecule has 0 aliphatic carbocycles. The molecule has 1 aliphatic rings. The number of carbonyl (C=O) groups is 2. The van der Waals surface area contributed by atoms with Crippen molar-refractivity contribution in [2.45, 2.75) is 26.7 Å². The van der Waals surface area contributed by atoms with Crippen molar-refractivity contribution in [1.82, 2.24) is 9.80 Å². The van der Waals surface area contributed by atoms with Gasteiger partial charge in [-0.2, -0.15) is 0 Å². The predicted molar refractivity (Wildman–Crippen MR) is 87.9 cm³/mol. The van der Waals surface area contributed by atoms with E-state index in [-0.39, 0.29) is 24.3 Å². The van der Waals surface area contributed by atoms with Crippen LogP contribution in [-0.2, 0) is 4.79 Å². The Bertz CT molecular complexity index is 541. The maximum atomic E-state index is 13.0. The minimum Gasteiger partial charge on any atom is -0.341 e. The second kappa shape index (κ2) is 7.94. The van der Waals surface area contributed by atoms with Gasteiger partial charge in [-0.1, -0.05) is 13.8 Å². The summed E-state index contributed by atoms with van der Waals surface area (Å²) in [6.45, 7) is 6.64. The number of carbonyl (C=O) groups excluding carboxylic acids is 2. The third-order valence-electron chi connectivity index (χ3n) is 3.90. The van der Waals surface area contributed by atoms with Crippen molar-refractivity contribution in [2.24, 2.45) is 0 Å². The molecule has 126 valence electrons. The predicted octanol–water partition coefficient (Wildman–Crippen LogP) is 2.72. The van der Waals surface area contributed by atoms with Gasteiger partial charge in [0.2, 0.25) is 5.91 Å². The third kappa shape index (κ3) is 4.21. The molecule has 0 spiro atoms. The molecule has 3 amide bonds. The molecule has 5 nitrogen and oxygen atoms in total. The highest BCUT2D eigenvalue weighted by Crippen LogP contribution is 2.20. The minimum atomic E-state index is -0.331. The second-order valence-corrected chi connectivity index (χ2v) is 5.71. The number of benzene rings is 1. The normalized spacial score (nSPS) is 14.5. The second-order valence-electron chi connectivity index (χ2n) is 5.71. The lowest BCUT2D eigenvalue weighted by atomic mass is 10.3. The van der Waals surface area contributed by atoms with Crippen LogP contribution in [0.5, 0.6) is 0 Å². The Morgan fingerprint density at radius 1 is 1.13 bits per heavy atom. The monoisotopic (exact) mass is 321 g/mol. The van der Waals surface area contributed by atoms with Crippen LogP contribution in [0.3, 0.4) is 0 Å². The van der Waals surface area contributed by atoms with Crippen LogP contribution < -0.4 is 4.90 Å². The average Bonchev–Trinajstić information content (AvgIpc) is 2.89. The quantitative estimate of drug-likeness (QED) is 0.775. The fourth-order valence-corrected chi connectivity index (χ4v) is 2.75. The van der Waals surface area contributed by atoms with E-state index in [1.54, 1.807) is 21.9 Å². The van der Waals surface area contributed by atoms with Crippen LogP contribution >= 0.6 is 0 Å². The van der Waals surface area contributed by atoms with E-state index in [0.29, 0.717) is 18.8 Å². The molecule has 1 heterocycles. The summed E-state index contributed by atoms with van der Waals surface area (Å²) in [5.41, 5.74) is 0.658. The van der Waals surface area contributed by atoms with Gasteiger partial charge in [0.25, 0.3) is 0 Å². The molecule has 0 atom stereocenters. The summed E-state index contributed by atoms with van der Waals surface area (Å²) in [6.07, 6.45) is 1.81. The number of hydrogen-bond donors (Lipinski definition) is 0. The van der Waals surface area contributed by atoms with Crippen LogP contribution in [0.1, 0.15) is 26.7 Å². The smallest absolute Gasteiger partial charge is 0.325 e. The summed E-state index contributed by atoms with van der Waals surface area (Å²) >= 11 is 0. The zero-order chi connectivity index (χ0) is 16.8. The zero-order valence-electron chi connectivity index (χ0n) is 13.8. The van der Waals surface area contributed by atoms with Crippen molar-refractivity contribution in [3.63, 3.8) is 0 Å². The molecule has 1 saturated heterocycles. The van der Waals surface area contributed by atoms with Gasteiger partial charge in [-0.15, -0.1) is 0 Å². The number of hydrogen-bond acceptors (Lipinski definition) is 2. The first-order valence-electron chi connectivity index (χ1n) is 8.16. The van der Waals surface area contributed by atoms with E-state index in [9.17, 15) is 14.0 Å². The molecule has 0 bridgehead atoms. The van der Waals surface area contributed by atoms with Crippen molar-refractivity contribution in [3.8, 4) is 0 Å². The number of urea groups is 1. The maximum absolute atomic E-state index is 13.0. The molecular weight excluding hydrogens is 297 g/mol. The summed E-state index contributed by atoms with van der Waals surface area (Å²) < 4.78 is 13.0. The van der Waals surface area contributed by atoms with Gasteiger partial charge in [0.15, 0.2) is 0 Å². The molecule has 6 heteroatoms. The molecule has 0 unspecified atom stereocenters. The molecule has 2 rings (SSSR count). The van der Waals surface area contributed by atoms with E-state index in [2.05, 4.69) is 0 Å². The molecule has 1 fully saturated rings. The van der Waals surface area contributed by atoms with Crippen LogP contribution in [0.4, 0.5) is 14.9 Å². The summed E-state index contributed by atoms with van der Waals surface area (Å²) in [5, 5.41) is 0. The van der Waals surface area contributed by atoms with Crippen LogP contribution in [0.25, 0.3) is 0 Å². The van der Waals surface area contributed by atoms with Crippen molar-refractivity contribution >= 4 is 17.6 Å². The SMILES string of the molecule is CCCN(CCC)C(=O)CN1CCN(c2ccc(F)cc2)C1=O. The molecular formula is C17H24FN3O2. The van der Waals surface area contributed by atoms with Gasteiger partial charge in [-0.3, -0.25) is 9.69 Å². The molecule has 1 aromatic rings. The van der Waals surface area contributed by atoms with Crippen LogP contribution in [0.15, 0.2) is 24.3 Å². The van der Waals surface area contributed by atoms with Crippen LogP contribution in [-0.4, -0.2) is 54.5 Å². The number of halogens is 1. The number of amides is 3. The van der Waals surface area contributed by atoms with Gasteiger partial charge in [0.1, 0.15) is 12.4 Å². The van der Waals surface area contributed by atoms with E-state index < -0.39 is 0 Å². The largest absolute Gasteiger partial charge is 0.341 e. The van der Waals surface area contributed by atoms with E-state index >= 15 is 0 Å². The summed E-state index contributed by atoms with van der Waals surface area (Å²) in [6, 6.07) is 5.64. The van der Waals surface area contributed by atoms with E-state index in [4.69, 9.17) is 0 Å². The fourth-order valence-electron chi connectivity index (χ4n) is 2.75. The van der Waals surface area contributed by atoms with Crippen molar-refractivity contribution < 1.29 is 14.0 Å². The average molecular weight is 321 g/mol. The van der Waals surface area contributed by atoms with Crippen molar-refractivity contribution in [1.29, 1.82) is 0 Å². The summed E-state index contributed by atoms with van der Waals surface area (Å²) in [5.74, 6) is -0.342. The molecule has 0 aromatic heterocycles. The lowest BCUT2D eigenvalue weighted by Gasteiger charge is -2.25. The standard InChI is InChI=1S/C17H24FN3O2/c1-3-9-19(10-4-2)16(22)13-20-11-12-21(17(20)23)15-7-5-14(18)6-8-15/h5-8H,3-4,9-13H2,1-2H3. The zero-order valence-corrected chi connectivity index (χ0v) is 13.8.